The summed E-state index contributed by atoms with van der Waals surface area (Å²) < 4.78 is 7.73. The molecule has 0 fully saturated rings. The van der Waals surface area contributed by atoms with Gasteiger partial charge in [0.25, 0.3) is 0 Å². The summed E-state index contributed by atoms with van der Waals surface area (Å²) in [5, 5.41) is 0. The molecule has 0 aliphatic carbocycles. The van der Waals surface area contributed by atoms with Crippen molar-refractivity contribution >= 4 is 8.60 Å². The van der Waals surface area contributed by atoms with Crippen molar-refractivity contribution < 1.29 is 31.2 Å². The van der Waals surface area contributed by atoms with E-state index in [-0.39, 0.29) is 0 Å². The molecule has 0 radical (unpaired) electrons. The summed E-state index contributed by atoms with van der Waals surface area (Å²) in [4.78, 5) is 18.2. The molecule has 0 aromatic carbocycles. The molecule has 0 rings (SSSR count). The summed E-state index contributed by atoms with van der Waals surface area (Å²) in [6, 6.07) is 0. The van der Waals surface area contributed by atoms with Crippen LogP contribution in [0.3, 0.4) is 0 Å². The Morgan fingerprint density at radius 1 is 0.667 bits per heavy atom. The molecular formula is C16H36O3PTi. The van der Waals surface area contributed by atoms with Crippen LogP contribution in [0.4, 0.5) is 0 Å². The molecule has 2 N–H and O–H groups in total. The van der Waals surface area contributed by atoms with Gasteiger partial charge in [-0.05, 0) is 0 Å². The van der Waals surface area contributed by atoms with E-state index in [2.05, 4.69) is 13.8 Å². The fourth-order valence-corrected chi connectivity index (χ4v) is 7.29. The Hall–Kier alpha value is 1.02. The molecule has 21 heavy (non-hydrogen) atoms. The molecule has 0 aliphatic heterocycles. The van der Waals surface area contributed by atoms with Crippen molar-refractivity contribution in [1.29, 1.82) is 0 Å². The summed E-state index contributed by atoms with van der Waals surface area (Å²) in [5.74, 6) is 0. The van der Waals surface area contributed by atoms with Crippen LogP contribution in [-0.2, 0) is 21.4 Å². The molecule has 0 heterocycles. The topological polar surface area (TPSA) is 49.7 Å². The van der Waals surface area contributed by atoms with E-state index >= 15 is 0 Å². The monoisotopic (exact) mass is 355 g/mol. The molecule has 0 aliphatic rings. The van der Waals surface area contributed by atoms with E-state index in [0.717, 1.165) is 9.45 Å². The molecule has 0 bridgehead atoms. The Labute approximate surface area is 140 Å². The van der Waals surface area contributed by atoms with E-state index in [9.17, 15) is 0 Å². The summed E-state index contributed by atoms with van der Waals surface area (Å²) in [6.45, 7) is 4.48. The fourth-order valence-electron chi connectivity index (χ4n) is 2.54. The van der Waals surface area contributed by atoms with Crippen LogP contribution in [0, 0.1) is 0 Å². The van der Waals surface area contributed by atoms with E-state index in [4.69, 9.17) is 12.9 Å². The Morgan fingerprint density at radius 3 is 1.43 bits per heavy atom. The van der Waals surface area contributed by atoms with Gasteiger partial charge < -0.3 is 0 Å². The van der Waals surface area contributed by atoms with Crippen molar-refractivity contribution in [2.75, 3.05) is 0 Å². The van der Waals surface area contributed by atoms with Crippen molar-refractivity contribution in [2.24, 2.45) is 0 Å². The van der Waals surface area contributed by atoms with Gasteiger partial charge in [-0.3, -0.25) is 0 Å². The molecule has 0 amide bonds. The van der Waals surface area contributed by atoms with Crippen LogP contribution in [0.2, 0.25) is 9.45 Å². The van der Waals surface area contributed by atoms with Gasteiger partial charge >= 0.3 is 140 Å². The maximum atomic E-state index is 9.11. The van der Waals surface area contributed by atoms with Gasteiger partial charge in [0.2, 0.25) is 0 Å². The minimum atomic E-state index is -2.13. The van der Waals surface area contributed by atoms with Crippen LogP contribution in [0.5, 0.6) is 0 Å². The molecule has 5 heteroatoms. The average Bonchev–Trinajstić information content (AvgIpc) is 2.45. The number of rotatable bonds is 16. The average molecular weight is 355 g/mol. The van der Waals surface area contributed by atoms with E-state index in [1.54, 1.807) is 0 Å². The van der Waals surface area contributed by atoms with Gasteiger partial charge in [0.1, 0.15) is 0 Å². The first-order chi connectivity index (χ1) is 10.2. The molecule has 0 spiro atoms. The third-order valence-electron chi connectivity index (χ3n) is 3.83. The second-order valence-corrected chi connectivity index (χ2v) is 10.7. The minimum absolute atomic E-state index is 1.14. The number of hydrogen-bond acceptors (Lipinski definition) is 3. The van der Waals surface area contributed by atoms with Gasteiger partial charge in [-0.25, -0.2) is 0 Å². The molecule has 0 aromatic heterocycles. The Balaban J connectivity index is 3.62. The third kappa shape index (κ3) is 17.2. The van der Waals surface area contributed by atoms with Gasteiger partial charge in [0.05, 0.1) is 0 Å². The van der Waals surface area contributed by atoms with Gasteiger partial charge in [-0.2, -0.15) is 0 Å². The van der Waals surface area contributed by atoms with Crippen molar-refractivity contribution in [1.82, 2.24) is 0 Å². The van der Waals surface area contributed by atoms with Crippen molar-refractivity contribution in [2.45, 2.75) is 100 Å². The van der Waals surface area contributed by atoms with Crippen LogP contribution in [0.1, 0.15) is 90.9 Å². The molecule has 0 saturated heterocycles. The maximum absolute atomic E-state index is 9.11. The van der Waals surface area contributed by atoms with Gasteiger partial charge in [-0.15, -0.1) is 0 Å². The molecule has 0 aromatic rings. The van der Waals surface area contributed by atoms with Crippen LogP contribution >= 0.6 is 8.60 Å². The zero-order chi connectivity index (χ0) is 15.8. The standard InChI is InChI=1S/2C8H17.H2O3P.Ti/c2*1-3-5-7-8-6-4-2;1-4(2)3;/h2*1,3-8H2,2H3;1-2H;/q;;-1;+1. The quantitative estimate of drug-likeness (QED) is 0.194. The van der Waals surface area contributed by atoms with Gasteiger partial charge in [0, 0.05) is 0 Å². The van der Waals surface area contributed by atoms with Crippen LogP contribution in [-0.4, -0.2) is 9.79 Å². The van der Waals surface area contributed by atoms with E-state index in [0.29, 0.717) is 0 Å². The van der Waals surface area contributed by atoms with Gasteiger partial charge in [-0.1, -0.05) is 0 Å². The van der Waals surface area contributed by atoms with Crippen molar-refractivity contribution in [3.05, 3.63) is 0 Å². The van der Waals surface area contributed by atoms with Crippen LogP contribution < -0.4 is 0 Å². The molecule has 127 valence electrons. The molecule has 0 atom stereocenters. The molecule has 0 saturated carbocycles. The van der Waals surface area contributed by atoms with Crippen molar-refractivity contribution in [3.8, 4) is 0 Å². The molecular weight excluding hydrogens is 319 g/mol. The number of unbranched alkanes of at least 4 members (excludes halogenated alkanes) is 10. The molecule has 0 unspecified atom stereocenters. The third-order valence-corrected chi connectivity index (χ3v) is 9.07. The fraction of sp³-hybridized carbons (Fsp3) is 1.00. The van der Waals surface area contributed by atoms with E-state index < -0.39 is 26.9 Å². The SMILES string of the molecule is CCCCCCC[CH2][Ti]([CH2]CCCCCCC)[O]P(O)O. The van der Waals surface area contributed by atoms with Crippen molar-refractivity contribution in [3.63, 3.8) is 0 Å². The zero-order valence-electron chi connectivity index (χ0n) is 14.1. The summed E-state index contributed by atoms with van der Waals surface area (Å²) >= 11 is -1.67. The Morgan fingerprint density at radius 2 is 1.05 bits per heavy atom. The van der Waals surface area contributed by atoms with Crippen LogP contribution in [0.15, 0.2) is 0 Å². The summed E-state index contributed by atoms with van der Waals surface area (Å²) in [6.07, 6.45) is 15.6. The predicted molar refractivity (Wildman–Crippen MR) is 88.8 cm³/mol. The van der Waals surface area contributed by atoms with E-state index in [1.165, 1.54) is 77.0 Å². The molecule has 3 nitrogen and oxygen atoms in total. The predicted octanol–water partition coefficient (Wildman–Crippen LogP) is 6.31. The first-order valence-corrected chi connectivity index (χ1v) is 12.9. The Kier molecular flexibility index (Phi) is 18.2. The second-order valence-electron chi connectivity index (χ2n) is 5.92. The van der Waals surface area contributed by atoms with E-state index in [1.807, 2.05) is 0 Å². The van der Waals surface area contributed by atoms with Crippen LogP contribution in [0.25, 0.3) is 0 Å². The zero-order valence-corrected chi connectivity index (χ0v) is 16.6. The first kappa shape index (κ1) is 22.0. The Bertz CT molecular complexity index is 190. The second kappa shape index (κ2) is 17.4. The summed E-state index contributed by atoms with van der Waals surface area (Å²) in [5.41, 5.74) is 0. The van der Waals surface area contributed by atoms with Gasteiger partial charge in [0.15, 0.2) is 0 Å². The first-order valence-electron chi connectivity index (χ1n) is 8.91. The summed E-state index contributed by atoms with van der Waals surface area (Å²) in [7, 11) is -2.13. The normalized spacial score (nSPS) is 11.3. The number of hydrogen-bond donors (Lipinski definition) is 2.